The third-order valence-electron chi connectivity index (χ3n) is 1.53. The fraction of sp³-hybridized carbons (Fsp3) is 0.300. The van der Waals surface area contributed by atoms with Crippen LogP contribution in [-0.4, -0.2) is 18.6 Å². The summed E-state index contributed by atoms with van der Waals surface area (Å²) in [6, 6.07) is 4.80. The van der Waals surface area contributed by atoms with Crippen molar-refractivity contribution in [3.05, 3.63) is 23.8 Å². The van der Waals surface area contributed by atoms with Gasteiger partial charge in [0.15, 0.2) is 5.75 Å². The highest BCUT2D eigenvalue weighted by molar-refractivity contribution is 5.77. The van der Waals surface area contributed by atoms with E-state index >= 15 is 0 Å². The van der Waals surface area contributed by atoms with Gasteiger partial charge in [-0.1, -0.05) is 13.8 Å². The number of methoxy groups -OCH3 is 1. The quantitative estimate of drug-likeness (QED) is 0.434. The van der Waals surface area contributed by atoms with Gasteiger partial charge in [-0.2, -0.15) is 5.48 Å². The molecule has 0 atom stereocenters. The third kappa shape index (κ3) is 3.16. The molecule has 0 fully saturated rings. The van der Waals surface area contributed by atoms with Crippen molar-refractivity contribution in [3.63, 3.8) is 0 Å². The highest BCUT2D eigenvalue weighted by atomic mass is 16.5. The second-order valence-corrected chi connectivity index (χ2v) is 2.25. The van der Waals surface area contributed by atoms with E-state index in [2.05, 4.69) is 0 Å². The lowest BCUT2D eigenvalue weighted by Gasteiger charge is -2.01. The molecule has 0 aliphatic carbocycles. The Hall–Kier alpha value is -1.39. The summed E-state index contributed by atoms with van der Waals surface area (Å²) in [6.07, 6.45) is 0.715. The van der Waals surface area contributed by atoms with Gasteiger partial charge in [0.25, 0.3) is 0 Å². The number of hydrogen-bond donors (Lipinski definition) is 2. The predicted octanol–water partition coefficient (Wildman–Crippen LogP) is 1.12. The Kier molecular flexibility index (Phi) is 6.36. The fourth-order valence-electron chi connectivity index (χ4n) is 0.927. The summed E-state index contributed by atoms with van der Waals surface area (Å²) < 4.78 is 4.93. The van der Waals surface area contributed by atoms with Crippen molar-refractivity contribution < 1.29 is 20.2 Å². The molecule has 0 saturated heterocycles. The predicted molar refractivity (Wildman–Crippen MR) is 53.1 cm³/mol. The number of carbonyl (C=O) groups is 1. The van der Waals surface area contributed by atoms with Crippen molar-refractivity contribution in [2.45, 2.75) is 13.8 Å². The maximum atomic E-state index is 10.3. The van der Waals surface area contributed by atoms with Gasteiger partial charge in [0.2, 0.25) is 5.69 Å². The average molecular weight is 198 g/mol. The van der Waals surface area contributed by atoms with Gasteiger partial charge >= 0.3 is 0 Å². The zero-order valence-corrected chi connectivity index (χ0v) is 8.65. The Morgan fingerprint density at radius 2 is 2.07 bits per heavy atom. The molecule has 0 bridgehead atoms. The highest BCUT2D eigenvalue weighted by Crippen LogP contribution is 2.19. The zero-order valence-electron chi connectivity index (χ0n) is 8.65. The Morgan fingerprint density at radius 3 is 2.50 bits per heavy atom. The molecule has 1 aromatic rings. The molecule has 4 heteroatoms. The second-order valence-electron chi connectivity index (χ2n) is 2.25. The standard InChI is InChI=1S/C8H9NO3.C2H6/c1-12-8-3-2-6(5-10)4-7(8)9-11;1-2/h2-5,9,11H,1H3;1-2H3/p+1. The number of quaternary nitrogens is 1. The molecular weight excluding hydrogens is 182 g/mol. The maximum Gasteiger partial charge on any atom is 0.204 e. The number of aldehydes is 1. The van der Waals surface area contributed by atoms with Crippen molar-refractivity contribution in [3.8, 4) is 5.75 Å². The van der Waals surface area contributed by atoms with Crippen LogP contribution in [0.4, 0.5) is 5.69 Å². The first-order chi connectivity index (χ1) is 6.81. The van der Waals surface area contributed by atoms with Gasteiger partial charge in [0.05, 0.1) is 7.11 Å². The third-order valence-corrected chi connectivity index (χ3v) is 1.53. The van der Waals surface area contributed by atoms with Gasteiger partial charge in [-0.15, -0.1) is 0 Å². The van der Waals surface area contributed by atoms with Crippen LogP contribution in [0.5, 0.6) is 5.75 Å². The first-order valence-electron chi connectivity index (χ1n) is 4.42. The van der Waals surface area contributed by atoms with Gasteiger partial charge < -0.3 is 4.74 Å². The number of hydrogen-bond acceptors (Lipinski definition) is 3. The summed E-state index contributed by atoms with van der Waals surface area (Å²) in [5.74, 6) is 0.545. The minimum absolute atomic E-state index is 0.502. The number of nitrogens with two attached hydrogens (primary N) is 1. The van der Waals surface area contributed by atoms with Gasteiger partial charge in [-0.3, -0.25) is 4.79 Å². The topological polar surface area (TPSA) is 63.1 Å². The molecule has 1 rings (SSSR count). The Labute approximate surface area is 83.5 Å². The summed E-state index contributed by atoms with van der Waals surface area (Å²) in [5.41, 5.74) is 1.92. The van der Waals surface area contributed by atoms with Gasteiger partial charge in [0, 0.05) is 11.6 Å². The van der Waals surface area contributed by atoms with E-state index in [1.165, 1.54) is 7.11 Å². The summed E-state index contributed by atoms with van der Waals surface area (Å²) in [6.45, 7) is 4.00. The Morgan fingerprint density at radius 1 is 1.43 bits per heavy atom. The lowest BCUT2D eigenvalue weighted by atomic mass is 10.2. The summed E-state index contributed by atoms with van der Waals surface area (Å²) in [5, 5.41) is 8.75. The van der Waals surface area contributed by atoms with Crippen molar-refractivity contribution >= 4 is 12.0 Å². The molecule has 0 spiro atoms. The molecule has 14 heavy (non-hydrogen) atoms. The lowest BCUT2D eigenvalue weighted by Crippen LogP contribution is -2.73. The van der Waals surface area contributed by atoms with E-state index in [0.717, 1.165) is 5.48 Å². The molecule has 0 aromatic heterocycles. The highest BCUT2D eigenvalue weighted by Gasteiger charge is 2.06. The SMILES string of the molecule is CC.COc1ccc(C=O)cc1[NH2+]O. The molecule has 0 heterocycles. The van der Waals surface area contributed by atoms with Crippen LogP contribution >= 0.6 is 0 Å². The van der Waals surface area contributed by atoms with Crippen LogP contribution in [0.1, 0.15) is 24.2 Å². The molecule has 78 valence electrons. The summed E-state index contributed by atoms with van der Waals surface area (Å²) >= 11 is 0. The van der Waals surface area contributed by atoms with Crippen LogP contribution in [0.2, 0.25) is 0 Å². The Bertz CT molecular complexity index is 287. The van der Waals surface area contributed by atoms with E-state index < -0.39 is 0 Å². The Balaban J connectivity index is 0.000000791. The van der Waals surface area contributed by atoms with Crippen molar-refractivity contribution in [2.24, 2.45) is 0 Å². The molecule has 0 unspecified atom stereocenters. The van der Waals surface area contributed by atoms with Crippen molar-refractivity contribution in [1.29, 1.82) is 0 Å². The number of ether oxygens (including phenoxy) is 1. The second kappa shape index (κ2) is 7.06. The van der Waals surface area contributed by atoms with E-state index in [0.29, 0.717) is 23.3 Å². The van der Waals surface area contributed by atoms with Crippen LogP contribution in [0.15, 0.2) is 18.2 Å². The fourth-order valence-corrected chi connectivity index (χ4v) is 0.927. The zero-order chi connectivity index (χ0) is 11.0. The number of rotatable bonds is 3. The van der Waals surface area contributed by atoms with E-state index in [4.69, 9.17) is 9.94 Å². The minimum Gasteiger partial charge on any atom is -0.491 e. The number of benzene rings is 1. The van der Waals surface area contributed by atoms with E-state index in [-0.39, 0.29) is 0 Å². The van der Waals surface area contributed by atoms with Crippen LogP contribution in [0, 0.1) is 0 Å². The molecular formula is C10H16NO3+. The van der Waals surface area contributed by atoms with Crippen LogP contribution in [0.3, 0.4) is 0 Å². The first kappa shape index (κ1) is 12.6. The molecule has 1 aromatic carbocycles. The maximum absolute atomic E-state index is 10.3. The van der Waals surface area contributed by atoms with Crippen molar-refractivity contribution in [2.75, 3.05) is 7.11 Å². The van der Waals surface area contributed by atoms with E-state index in [9.17, 15) is 4.79 Å². The normalized spacial score (nSPS) is 8.57. The molecule has 0 amide bonds. The molecule has 0 aliphatic rings. The molecule has 4 nitrogen and oxygen atoms in total. The average Bonchev–Trinajstić information content (AvgIpc) is 2.30. The van der Waals surface area contributed by atoms with Gasteiger partial charge in [0.1, 0.15) is 6.29 Å². The minimum atomic E-state index is 0.502. The lowest BCUT2D eigenvalue weighted by molar-refractivity contribution is -0.825. The molecule has 0 aliphatic heterocycles. The van der Waals surface area contributed by atoms with Crippen LogP contribution in [0.25, 0.3) is 0 Å². The van der Waals surface area contributed by atoms with Crippen molar-refractivity contribution in [1.82, 2.24) is 0 Å². The van der Waals surface area contributed by atoms with Crippen LogP contribution < -0.4 is 10.2 Å². The van der Waals surface area contributed by atoms with Gasteiger partial charge in [-0.05, 0) is 12.1 Å². The monoisotopic (exact) mass is 198 g/mol. The summed E-state index contributed by atoms with van der Waals surface area (Å²) in [7, 11) is 1.50. The molecule has 0 saturated carbocycles. The molecule has 3 N–H and O–H groups in total. The smallest absolute Gasteiger partial charge is 0.204 e. The van der Waals surface area contributed by atoms with E-state index in [1.54, 1.807) is 18.2 Å². The van der Waals surface area contributed by atoms with Crippen LogP contribution in [-0.2, 0) is 0 Å². The largest absolute Gasteiger partial charge is 0.491 e. The summed E-state index contributed by atoms with van der Waals surface area (Å²) in [4.78, 5) is 10.3. The number of carbonyl (C=O) groups excluding carboxylic acids is 1. The van der Waals surface area contributed by atoms with Gasteiger partial charge in [-0.25, -0.2) is 5.21 Å². The van der Waals surface area contributed by atoms with E-state index in [1.807, 2.05) is 13.8 Å². The molecule has 0 radical (unpaired) electrons. The first-order valence-corrected chi connectivity index (χ1v) is 4.42.